The summed E-state index contributed by atoms with van der Waals surface area (Å²) in [7, 11) is 0. The minimum Gasteiger partial charge on any atom is -0.480 e. The lowest BCUT2D eigenvalue weighted by atomic mass is 9.79. The van der Waals surface area contributed by atoms with Gasteiger partial charge in [-0.25, -0.2) is 4.79 Å². The van der Waals surface area contributed by atoms with Gasteiger partial charge in [-0.1, -0.05) is 6.07 Å². The summed E-state index contributed by atoms with van der Waals surface area (Å²) in [5.41, 5.74) is 4.31. The maximum Gasteiger partial charge on any atom is 0.326 e. The lowest BCUT2D eigenvalue weighted by Gasteiger charge is -2.35. The number of nitrogens with one attached hydrogen (secondary N) is 1. The Morgan fingerprint density at radius 3 is 2.69 bits per heavy atom. The number of ether oxygens (including phenoxy) is 1. The largest absolute Gasteiger partial charge is 0.480 e. The van der Waals surface area contributed by atoms with Gasteiger partial charge < -0.3 is 15.2 Å². The lowest BCUT2D eigenvalue weighted by molar-refractivity contribution is -0.140. The van der Waals surface area contributed by atoms with Crippen molar-refractivity contribution >= 4 is 11.9 Å². The predicted octanol–water partition coefficient (Wildman–Crippen LogP) is 3.36. The molecule has 0 aromatic carbocycles. The molecule has 4 rings (SSSR count). The van der Waals surface area contributed by atoms with Gasteiger partial charge in [0.2, 0.25) is 0 Å². The normalized spacial score (nSPS) is 20.6. The lowest BCUT2D eigenvalue weighted by Crippen LogP contribution is -2.42. The second-order valence-electron chi connectivity index (χ2n) is 8.87. The molecule has 2 aromatic heterocycles. The van der Waals surface area contributed by atoms with Gasteiger partial charge >= 0.3 is 5.97 Å². The second kappa shape index (κ2) is 10.7. The molecular formula is C25H31N3O4. The number of aliphatic carboxylic acids is 1. The third-order valence-electron chi connectivity index (χ3n) is 6.54. The van der Waals surface area contributed by atoms with E-state index < -0.39 is 17.9 Å². The van der Waals surface area contributed by atoms with Gasteiger partial charge in [-0.2, -0.15) is 0 Å². The molecule has 1 atom stereocenters. The number of carboxylic acids is 1. The van der Waals surface area contributed by atoms with E-state index in [9.17, 15) is 14.7 Å². The van der Waals surface area contributed by atoms with Crippen molar-refractivity contribution < 1.29 is 19.4 Å². The number of amides is 1. The summed E-state index contributed by atoms with van der Waals surface area (Å²) in [5.74, 6) is -0.834. The molecule has 2 aliphatic rings. The molecule has 1 amide bonds. The summed E-state index contributed by atoms with van der Waals surface area (Å²) >= 11 is 0. The van der Waals surface area contributed by atoms with E-state index in [1.807, 2.05) is 0 Å². The summed E-state index contributed by atoms with van der Waals surface area (Å²) < 4.78 is 5.86. The van der Waals surface area contributed by atoms with Crippen LogP contribution < -0.4 is 5.32 Å². The van der Waals surface area contributed by atoms with Crippen LogP contribution in [0.3, 0.4) is 0 Å². The van der Waals surface area contributed by atoms with E-state index in [4.69, 9.17) is 9.72 Å². The van der Waals surface area contributed by atoms with Gasteiger partial charge in [0.25, 0.3) is 5.91 Å². The maximum absolute atomic E-state index is 12.2. The van der Waals surface area contributed by atoms with Crippen molar-refractivity contribution in [2.24, 2.45) is 5.92 Å². The molecule has 2 heterocycles. The number of carbonyl (C=O) groups excluding carboxylic acids is 1. The van der Waals surface area contributed by atoms with E-state index in [1.54, 1.807) is 12.1 Å². The first-order valence-electron chi connectivity index (χ1n) is 11.6. The van der Waals surface area contributed by atoms with Crippen LogP contribution in [0, 0.1) is 5.92 Å². The topological polar surface area (TPSA) is 101 Å². The van der Waals surface area contributed by atoms with Crippen LogP contribution in [0.15, 0.2) is 36.7 Å². The summed E-state index contributed by atoms with van der Waals surface area (Å²) in [6.07, 6.45) is 12.4. The first-order chi connectivity index (χ1) is 15.6. The molecule has 1 saturated carbocycles. The molecule has 7 heteroatoms. The fourth-order valence-electron chi connectivity index (χ4n) is 4.52. The highest BCUT2D eigenvalue weighted by Gasteiger charge is 2.30. The molecule has 0 saturated heterocycles. The summed E-state index contributed by atoms with van der Waals surface area (Å²) in [5, 5.41) is 12.0. The molecule has 0 bridgehead atoms. The molecule has 2 N–H and O–H groups in total. The average Bonchev–Trinajstić information content (AvgIpc) is 2.79. The molecule has 2 aromatic rings. The van der Waals surface area contributed by atoms with E-state index in [1.165, 1.54) is 48.6 Å². The maximum atomic E-state index is 12.2. The fraction of sp³-hybridized carbons (Fsp3) is 0.520. The minimum atomic E-state index is -1.06. The summed E-state index contributed by atoms with van der Waals surface area (Å²) in [6.45, 7) is 0.317. The summed E-state index contributed by atoms with van der Waals surface area (Å²) in [6, 6.07) is 6.58. The monoisotopic (exact) mass is 437 g/mol. The molecule has 0 radical (unpaired) electrons. The van der Waals surface area contributed by atoms with Crippen molar-refractivity contribution in [2.45, 2.75) is 69.9 Å². The third kappa shape index (κ3) is 5.91. The van der Waals surface area contributed by atoms with Crippen LogP contribution in [0.2, 0.25) is 0 Å². The fourth-order valence-corrected chi connectivity index (χ4v) is 4.52. The Bertz CT molecular complexity index is 928. The minimum absolute atomic E-state index is 0.182. The quantitative estimate of drug-likeness (QED) is 0.591. The first kappa shape index (κ1) is 22.4. The van der Waals surface area contributed by atoms with Gasteiger partial charge in [0.05, 0.1) is 6.10 Å². The van der Waals surface area contributed by atoms with Crippen molar-refractivity contribution in [3.63, 3.8) is 0 Å². The number of carbonyl (C=O) groups is 2. The van der Waals surface area contributed by atoms with Crippen molar-refractivity contribution in [1.82, 2.24) is 15.3 Å². The Hall–Kier alpha value is -2.80. The number of carboxylic acid groups (broad SMARTS) is 1. The zero-order valence-electron chi connectivity index (χ0n) is 18.3. The first-order valence-corrected chi connectivity index (χ1v) is 11.6. The highest BCUT2D eigenvalue weighted by Crippen LogP contribution is 2.34. The number of hydrogen-bond acceptors (Lipinski definition) is 5. The highest BCUT2D eigenvalue weighted by atomic mass is 16.5. The summed E-state index contributed by atoms with van der Waals surface area (Å²) in [4.78, 5) is 32.4. The Morgan fingerprint density at radius 1 is 1.12 bits per heavy atom. The molecule has 0 spiro atoms. The number of fused-ring (bicyclic) bond motifs is 1. The van der Waals surface area contributed by atoms with Gasteiger partial charge in [-0.3, -0.25) is 14.8 Å². The van der Waals surface area contributed by atoms with Gasteiger partial charge in [-0.05, 0) is 81.0 Å². The van der Waals surface area contributed by atoms with E-state index in [0.717, 1.165) is 32.1 Å². The molecule has 170 valence electrons. The van der Waals surface area contributed by atoms with Crippen molar-refractivity contribution in [2.75, 3.05) is 6.61 Å². The van der Waals surface area contributed by atoms with Crippen LogP contribution in [0.4, 0.5) is 0 Å². The number of aromatic nitrogens is 2. The van der Waals surface area contributed by atoms with Crippen LogP contribution in [-0.4, -0.2) is 45.7 Å². The van der Waals surface area contributed by atoms with Crippen LogP contribution in [0.5, 0.6) is 0 Å². The Kier molecular flexibility index (Phi) is 7.47. The number of pyridine rings is 2. The van der Waals surface area contributed by atoms with Crippen LogP contribution in [0.1, 0.15) is 65.8 Å². The zero-order valence-corrected chi connectivity index (χ0v) is 18.3. The number of rotatable bonds is 10. The molecule has 0 aliphatic heterocycles. The highest BCUT2D eigenvalue weighted by molar-refractivity contribution is 5.96. The van der Waals surface area contributed by atoms with E-state index in [-0.39, 0.29) is 12.5 Å². The number of hydrogen-bond donors (Lipinski definition) is 2. The van der Waals surface area contributed by atoms with E-state index >= 15 is 0 Å². The van der Waals surface area contributed by atoms with Crippen LogP contribution in [0.25, 0.3) is 0 Å². The van der Waals surface area contributed by atoms with E-state index in [0.29, 0.717) is 18.1 Å². The smallest absolute Gasteiger partial charge is 0.326 e. The molecule has 2 aliphatic carbocycles. The molecular weight excluding hydrogens is 406 g/mol. The van der Waals surface area contributed by atoms with Crippen molar-refractivity contribution in [3.05, 3.63) is 59.2 Å². The Labute approximate surface area is 188 Å². The van der Waals surface area contributed by atoms with Gasteiger partial charge in [0, 0.05) is 42.4 Å². The molecule has 1 fully saturated rings. The van der Waals surface area contributed by atoms with Crippen LogP contribution in [-0.2, 0) is 28.8 Å². The van der Waals surface area contributed by atoms with Crippen molar-refractivity contribution in [3.8, 4) is 0 Å². The SMILES string of the molecule is O=C(NC(CCOC1CC(CCc2ccc3c(n2)CCCC3)C1)C(=O)O)c1ccncc1. The van der Waals surface area contributed by atoms with Gasteiger partial charge in [0.1, 0.15) is 6.04 Å². The van der Waals surface area contributed by atoms with Gasteiger partial charge in [-0.15, -0.1) is 0 Å². The average molecular weight is 438 g/mol. The third-order valence-corrected chi connectivity index (χ3v) is 6.54. The molecule has 32 heavy (non-hydrogen) atoms. The predicted molar refractivity (Wildman–Crippen MR) is 119 cm³/mol. The Morgan fingerprint density at radius 2 is 1.91 bits per heavy atom. The molecule has 1 unspecified atom stereocenters. The van der Waals surface area contributed by atoms with Crippen LogP contribution >= 0.6 is 0 Å². The second-order valence-corrected chi connectivity index (χ2v) is 8.87. The molecule has 7 nitrogen and oxygen atoms in total. The Balaban J connectivity index is 1.14. The number of aryl methyl sites for hydroxylation is 3. The van der Waals surface area contributed by atoms with Gasteiger partial charge in [0.15, 0.2) is 0 Å². The zero-order chi connectivity index (χ0) is 22.3. The van der Waals surface area contributed by atoms with E-state index in [2.05, 4.69) is 22.4 Å². The van der Waals surface area contributed by atoms with Crippen molar-refractivity contribution in [1.29, 1.82) is 0 Å². The standard InChI is InChI=1S/C25H31N3O4/c29-24(19-9-12-26-13-10-19)28-23(25(30)31)11-14-32-21-15-17(16-21)5-7-20-8-6-18-3-1-2-4-22(18)27-20/h6,8-10,12-13,17,21,23H,1-5,7,11,14-16H2,(H,28,29)(H,30,31). The number of nitrogens with zero attached hydrogens (tertiary/aromatic N) is 2.